The number of hydrogen-bond acceptors (Lipinski definition) is 0. The smallest absolute Gasteiger partial charge is 0.126 e. The Morgan fingerprint density at radius 1 is 0.459 bits per heavy atom. The van der Waals surface area contributed by atoms with Crippen molar-refractivity contribution < 1.29 is 8.78 Å². The molecule has 2 aromatic carbocycles. The molecule has 2 fully saturated rings. The van der Waals surface area contributed by atoms with Crippen molar-refractivity contribution in [1.82, 2.24) is 0 Å². The first kappa shape index (κ1) is 39.8. The van der Waals surface area contributed by atoms with Gasteiger partial charge in [0.25, 0.3) is 0 Å². The van der Waals surface area contributed by atoms with Crippen LogP contribution in [0.25, 0.3) is 0 Å². The second-order valence-corrected chi connectivity index (χ2v) is 11.2. The molecule has 0 bridgehead atoms. The van der Waals surface area contributed by atoms with E-state index < -0.39 is 0 Å². The van der Waals surface area contributed by atoms with Crippen molar-refractivity contribution in [3.63, 3.8) is 0 Å². The Balaban J connectivity index is -0.000000406. The molecule has 37 heavy (non-hydrogen) atoms. The Bertz CT molecular complexity index is 721. The SMILES string of the molecule is C.C.C.CC1CCC(C)CC1.CC1CCC(C)CC1.Cc1ccc(C)c(F)c1.Cc1ccc(C)c(F)c1. The van der Waals surface area contributed by atoms with Crippen LogP contribution in [0, 0.1) is 63.0 Å². The molecule has 2 aliphatic carbocycles. The molecule has 0 nitrogen and oxygen atoms in total. The van der Waals surface area contributed by atoms with Gasteiger partial charge in [-0.05, 0) is 85.8 Å². The van der Waals surface area contributed by atoms with E-state index in [1.54, 1.807) is 26.0 Å². The van der Waals surface area contributed by atoms with Crippen LogP contribution in [0.5, 0.6) is 0 Å². The van der Waals surface area contributed by atoms with E-state index in [0.717, 1.165) is 34.8 Å². The van der Waals surface area contributed by atoms with Gasteiger partial charge < -0.3 is 0 Å². The van der Waals surface area contributed by atoms with Crippen molar-refractivity contribution in [2.45, 2.75) is 129 Å². The molecule has 216 valence electrons. The molecule has 0 unspecified atom stereocenters. The summed E-state index contributed by atoms with van der Waals surface area (Å²) in [5.41, 5.74) is 3.36. The third kappa shape index (κ3) is 18.2. The molecule has 2 heteroatoms. The zero-order valence-electron chi connectivity index (χ0n) is 23.2. The maximum absolute atomic E-state index is 12.6. The molecule has 0 N–H and O–H groups in total. The molecule has 0 aliphatic heterocycles. The molecule has 0 radical (unpaired) electrons. The fourth-order valence-electron chi connectivity index (χ4n) is 4.25. The summed E-state index contributed by atoms with van der Waals surface area (Å²) in [6.07, 6.45) is 11.8. The fraction of sp³-hybridized carbons (Fsp3) is 0.657. The Hall–Kier alpha value is -1.70. The average Bonchev–Trinajstić information content (AvgIpc) is 2.79. The lowest BCUT2D eigenvalue weighted by Gasteiger charge is -2.22. The van der Waals surface area contributed by atoms with Gasteiger partial charge in [0.1, 0.15) is 11.6 Å². The Morgan fingerprint density at radius 2 is 0.676 bits per heavy atom. The van der Waals surface area contributed by atoms with Gasteiger partial charge in [-0.25, -0.2) is 8.78 Å². The normalized spacial score (nSPS) is 21.9. The standard InChI is InChI=1S/2C8H9F.2C8H16.3CH4/c2*1-6-3-4-7(2)8(9)5-6;2*1-7-3-5-8(2)6-4-7;;;/h2*3-5H,1-2H3;2*7-8H,3-6H2,1-2H3;3*1H4. The molecule has 0 spiro atoms. The predicted molar refractivity (Wildman–Crippen MR) is 166 cm³/mol. The quantitative estimate of drug-likeness (QED) is 0.324. The van der Waals surface area contributed by atoms with Gasteiger partial charge in [0.15, 0.2) is 0 Å². The first-order valence-electron chi connectivity index (χ1n) is 13.4. The lowest BCUT2D eigenvalue weighted by atomic mass is 9.84. The first-order valence-corrected chi connectivity index (χ1v) is 13.4. The summed E-state index contributed by atoms with van der Waals surface area (Å²) in [6, 6.07) is 10.4. The summed E-state index contributed by atoms with van der Waals surface area (Å²) in [5, 5.41) is 0. The number of halogens is 2. The van der Waals surface area contributed by atoms with E-state index in [4.69, 9.17) is 0 Å². The maximum atomic E-state index is 12.6. The van der Waals surface area contributed by atoms with Gasteiger partial charge in [0.05, 0.1) is 0 Å². The molecule has 0 amide bonds. The van der Waals surface area contributed by atoms with Gasteiger partial charge in [-0.1, -0.05) is 126 Å². The minimum absolute atomic E-state index is 0. The first-order chi connectivity index (χ1) is 16.0. The highest BCUT2D eigenvalue weighted by atomic mass is 19.1. The van der Waals surface area contributed by atoms with E-state index in [1.165, 1.54) is 63.5 Å². The third-order valence-electron chi connectivity index (χ3n) is 7.26. The summed E-state index contributed by atoms with van der Waals surface area (Å²) in [4.78, 5) is 0. The summed E-state index contributed by atoms with van der Waals surface area (Å²) < 4.78 is 25.2. The van der Waals surface area contributed by atoms with Gasteiger partial charge in [-0.2, -0.15) is 0 Å². The predicted octanol–water partition coefficient (Wildman–Crippen LogP) is 12.5. The third-order valence-corrected chi connectivity index (χ3v) is 7.26. The zero-order chi connectivity index (χ0) is 25.7. The van der Waals surface area contributed by atoms with E-state index in [-0.39, 0.29) is 33.9 Å². The second kappa shape index (κ2) is 21.3. The van der Waals surface area contributed by atoms with Crippen LogP contribution in [0.4, 0.5) is 8.78 Å². The van der Waals surface area contributed by atoms with Crippen LogP contribution in [-0.2, 0) is 0 Å². The van der Waals surface area contributed by atoms with E-state index in [1.807, 2.05) is 26.0 Å². The van der Waals surface area contributed by atoms with Gasteiger partial charge in [-0.3, -0.25) is 0 Å². The summed E-state index contributed by atoms with van der Waals surface area (Å²) in [6.45, 7) is 16.7. The number of rotatable bonds is 0. The summed E-state index contributed by atoms with van der Waals surface area (Å²) in [7, 11) is 0. The largest absolute Gasteiger partial charge is 0.207 e. The molecule has 0 aromatic heterocycles. The van der Waals surface area contributed by atoms with Crippen LogP contribution in [0.1, 0.15) is 124 Å². The van der Waals surface area contributed by atoms with Crippen molar-refractivity contribution in [3.05, 3.63) is 70.3 Å². The average molecular weight is 521 g/mol. The van der Waals surface area contributed by atoms with Gasteiger partial charge >= 0.3 is 0 Å². The Morgan fingerprint density at radius 3 is 0.838 bits per heavy atom. The number of benzene rings is 2. The minimum atomic E-state index is -0.116. The topological polar surface area (TPSA) is 0 Å². The second-order valence-electron chi connectivity index (χ2n) is 11.2. The lowest BCUT2D eigenvalue weighted by molar-refractivity contribution is 0.308. The molecule has 2 saturated carbocycles. The molecule has 0 saturated heterocycles. The lowest BCUT2D eigenvalue weighted by Crippen LogP contribution is -2.08. The van der Waals surface area contributed by atoms with Gasteiger partial charge in [0, 0.05) is 0 Å². The molecule has 2 aliphatic rings. The van der Waals surface area contributed by atoms with E-state index in [9.17, 15) is 8.78 Å². The van der Waals surface area contributed by atoms with Gasteiger partial charge in [0.2, 0.25) is 0 Å². The number of hydrogen-bond donors (Lipinski definition) is 0. The van der Waals surface area contributed by atoms with Crippen LogP contribution in [0.2, 0.25) is 0 Å². The fourth-order valence-corrected chi connectivity index (χ4v) is 4.25. The molecule has 2 aromatic rings. The van der Waals surface area contributed by atoms with Crippen molar-refractivity contribution in [3.8, 4) is 0 Å². The number of aryl methyl sites for hydroxylation is 4. The van der Waals surface area contributed by atoms with Crippen molar-refractivity contribution in [1.29, 1.82) is 0 Å². The maximum Gasteiger partial charge on any atom is 0.126 e. The monoisotopic (exact) mass is 520 g/mol. The molecule has 0 atom stereocenters. The van der Waals surface area contributed by atoms with E-state index in [2.05, 4.69) is 27.7 Å². The molecular formula is C35H62F2. The van der Waals surface area contributed by atoms with Crippen LogP contribution >= 0.6 is 0 Å². The van der Waals surface area contributed by atoms with E-state index >= 15 is 0 Å². The highest BCUT2D eigenvalue weighted by Crippen LogP contribution is 2.27. The molecule has 4 rings (SSSR count). The highest BCUT2D eigenvalue weighted by molar-refractivity contribution is 5.22. The zero-order valence-corrected chi connectivity index (χ0v) is 23.2. The van der Waals surface area contributed by atoms with Crippen LogP contribution in [-0.4, -0.2) is 0 Å². The van der Waals surface area contributed by atoms with Crippen molar-refractivity contribution in [2.75, 3.05) is 0 Å². The van der Waals surface area contributed by atoms with Crippen molar-refractivity contribution >= 4 is 0 Å². The molecular weight excluding hydrogens is 458 g/mol. The van der Waals surface area contributed by atoms with Crippen LogP contribution in [0.15, 0.2) is 36.4 Å². The highest BCUT2D eigenvalue weighted by Gasteiger charge is 2.13. The Labute approximate surface area is 231 Å². The summed E-state index contributed by atoms with van der Waals surface area (Å²) in [5.74, 6) is 3.85. The van der Waals surface area contributed by atoms with Crippen LogP contribution < -0.4 is 0 Å². The summed E-state index contributed by atoms with van der Waals surface area (Å²) >= 11 is 0. The van der Waals surface area contributed by atoms with E-state index in [0.29, 0.717) is 11.1 Å². The van der Waals surface area contributed by atoms with Crippen molar-refractivity contribution in [2.24, 2.45) is 23.7 Å². The minimum Gasteiger partial charge on any atom is -0.207 e. The molecule has 0 heterocycles. The van der Waals surface area contributed by atoms with Crippen LogP contribution in [0.3, 0.4) is 0 Å². The van der Waals surface area contributed by atoms with Gasteiger partial charge in [-0.15, -0.1) is 0 Å². The Kier molecular flexibility index (Phi) is 22.9.